The topological polar surface area (TPSA) is 19.4 Å². The SMILES string of the molecule is Cc1ccccc1-c1cc(-c2ccc(CC(C)(C)C)cc2)cc[n+]1C.Cc1ccccc1-c1cc(-c2ccc(CC(C)C)cc2)cc[n+]1C.Cc1ccccc1-c1cc(-c2cccc(C(C)C)c2)cc[n+]1C.[2H]C(C)(C)c1cccc(-c2cc[n+](C)c(-c3ccccc3C)c2)c1.[2H]C([2H])(c1ccc(-c2cc[n+](C)c(-c3ccccc3C)c2)cc1)C(C)C. The Bertz CT molecular complexity index is 6040. The molecule has 0 aliphatic carbocycles. The Hall–Kier alpha value is -12.1. The summed E-state index contributed by atoms with van der Waals surface area (Å²) in [4.78, 5) is 0. The molecular weight excluding hydrogens is 1440 g/mol. The van der Waals surface area contributed by atoms with Crippen molar-refractivity contribution in [2.24, 2.45) is 52.5 Å². The molecule has 604 valence electrons. The maximum absolute atomic E-state index is 8.27. The Morgan fingerprint density at radius 3 is 0.798 bits per heavy atom. The molecule has 0 spiro atoms. The fourth-order valence-corrected chi connectivity index (χ4v) is 15.3. The van der Waals surface area contributed by atoms with Gasteiger partial charge in [-0.1, -0.05) is 288 Å². The van der Waals surface area contributed by atoms with E-state index < -0.39 is 12.3 Å². The molecule has 0 radical (unpaired) electrons. The molecule has 5 aromatic heterocycles. The van der Waals surface area contributed by atoms with Gasteiger partial charge in [-0.2, -0.15) is 0 Å². The van der Waals surface area contributed by atoms with E-state index in [0.29, 0.717) is 17.3 Å². The lowest BCUT2D eigenvalue weighted by Gasteiger charge is -2.18. The summed E-state index contributed by atoms with van der Waals surface area (Å²) >= 11 is 0. The fraction of sp³-hybridized carbons (Fsp3) is 0.254. The van der Waals surface area contributed by atoms with Gasteiger partial charge in [0.15, 0.2) is 31.0 Å². The van der Waals surface area contributed by atoms with Crippen LogP contribution in [-0.4, -0.2) is 0 Å². The van der Waals surface area contributed by atoms with E-state index in [2.05, 4.69) is 439 Å². The maximum atomic E-state index is 8.27. The molecule has 0 N–H and O–H groups in total. The van der Waals surface area contributed by atoms with E-state index in [1.165, 1.54) is 140 Å². The van der Waals surface area contributed by atoms with Crippen LogP contribution >= 0.6 is 0 Å². The van der Waals surface area contributed by atoms with Crippen molar-refractivity contribution in [3.63, 3.8) is 0 Å². The first-order chi connectivity index (χ1) is 58.1. The first-order valence-corrected chi connectivity index (χ1v) is 42.4. The molecule has 119 heavy (non-hydrogen) atoms. The second-order valence-corrected chi connectivity index (χ2v) is 34.6. The minimum atomic E-state index is -1.31. The zero-order valence-corrected chi connectivity index (χ0v) is 74.6. The molecule has 10 aromatic carbocycles. The van der Waals surface area contributed by atoms with Gasteiger partial charge in [-0.3, -0.25) is 0 Å². The van der Waals surface area contributed by atoms with Gasteiger partial charge < -0.3 is 0 Å². The Kier molecular flexibility index (Phi) is 28.7. The lowest BCUT2D eigenvalue weighted by molar-refractivity contribution is -0.660. The summed E-state index contributed by atoms with van der Waals surface area (Å²) in [5.74, 6) is 0.593. The van der Waals surface area contributed by atoms with Gasteiger partial charge in [0.2, 0.25) is 28.5 Å². The molecule has 5 heterocycles. The standard InChI is InChI=1S/C24H28N.2C23H26N.2C22H24N/c1-18-8-6-7-9-22(18)23-16-21(14-15-25(23)5)20-12-10-19(11-13-20)17-24(2,3)4;2*1-17(2)15-19-9-11-20(12-10-19)21-13-14-24(4)23(16-21)22-8-6-5-7-18(22)3;2*1-16(2)18-9-7-10-19(14-18)20-12-13-23(4)22(15-20)21-11-6-5-8-17(21)3/h6-16H,17H2,1-5H3;2*5-14,16-17H,15H2,1-4H3;2*5-16H,1-4H3/q5*+1/i;15D2;;16D;. The number of hydrogen-bond acceptors (Lipinski definition) is 0. The van der Waals surface area contributed by atoms with E-state index in [1.54, 1.807) is 0 Å². The number of rotatable bonds is 17. The number of nitrogens with zero attached hydrogens (tertiary/aromatic N) is 5. The highest BCUT2D eigenvalue weighted by Gasteiger charge is 2.21. The number of benzene rings is 10. The molecule has 0 saturated heterocycles. The lowest BCUT2D eigenvalue weighted by Crippen LogP contribution is -2.30. The Morgan fingerprint density at radius 2 is 0.529 bits per heavy atom. The van der Waals surface area contributed by atoms with Crippen molar-refractivity contribution in [1.82, 2.24) is 0 Å². The van der Waals surface area contributed by atoms with Crippen molar-refractivity contribution < 1.29 is 26.9 Å². The predicted octanol–water partition coefficient (Wildman–Crippen LogP) is 27.0. The van der Waals surface area contributed by atoms with Crippen molar-refractivity contribution in [2.75, 3.05) is 0 Å². The number of aryl methyl sites for hydroxylation is 10. The van der Waals surface area contributed by atoms with E-state index in [9.17, 15) is 0 Å². The highest BCUT2D eigenvalue weighted by molar-refractivity contribution is 5.76. The summed E-state index contributed by atoms with van der Waals surface area (Å²) in [5.41, 5.74) is 37.4. The van der Waals surface area contributed by atoms with Gasteiger partial charge in [0.05, 0.1) is 0 Å². The molecule has 5 heteroatoms. The molecule has 0 unspecified atom stereocenters. The van der Waals surface area contributed by atoms with Gasteiger partial charge >= 0.3 is 0 Å². The van der Waals surface area contributed by atoms with Gasteiger partial charge in [-0.05, 0) is 224 Å². The van der Waals surface area contributed by atoms with Crippen LogP contribution in [0.4, 0.5) is 0 Å². The average Bonchev–Trinajstić information content (AvgIpc) is 0.814. The molecule has 5 nitrogen and oxygen atoms in total. The van der Waals surface area contributed by atoms with E-state index in [4.69, 9.17) is 4.11 Å². The Balaban J connectivity index is 0.000000149. The fourth-order valence-electron chi connectivity index (χ4n) is 15.3. The van der Waals surface area contributed by atoms with Crippen LogP contribution in [0, 0.1) is 51.9 Å². The number of pyridine rings is 5. The number of hydrogen-bond donors (Lipinski definition) is 0. The molecule has 0 aliphatic heterocycles. The van der Waals surface area contributed by atoms with Crippen molar-refractivity contribution >= 4 is 0 Å². The van der Waals surface area contributed by atoms with Crippen molar-refractivity contribution in [3.8, 4) is 112 Å². The summed E-state index contributed by atoms with van der Waals surface area (Å²) in [6, 6.07) is 108. The lowest BCUT2D eigenvalue weighted by atomic mass is 9.87. The van der Waals surface area contributed by atoms with Crippen LogP contribution in [0.5, 0.6) is 0 Å². The zero-order valence-electron chi connectivity index (χ0n) is 77.6. The van der Waals surface area contributed by atoms with Crippen LogP contribution in [-0.2, 0) is 54.5 Å². The molecular formula is C114H128N5+5. The summed E-state index contributed by atoms with van der Waals surface area (Å²) in [5, 5.41) is 0. The molecule has 0 saturated carbocycles. The summed E-state index contributed by atoms with van der Waals surface area (Å²) in [7, 11) is 10.5. The van der Waals surface area contributed by atoms with E-state index in [-0.39, 0.29) is 5.92 Å². The van der Waals surface area contributed by atoms with Crippen LogP contribution < -0.4 is 22.8 Å². The predicted molar refractivity (Wildman–Crippen MR) is 505 cm³/mol. The van der Waals surface area contributed by atoms with Crippen molar-refractivity contribution in [2.45, 2.75) is 142 Å². The van der Waals surface area contributed by atoms with Crippen LogP contribution in [0.25, 0.3) is 112 Å². The van der Waals surface area contributed by atoms with Crippen LogP contribution in [0.3, 0.4) is 0 Å². The molecule has 0 amide bonds. The van der Waals surface area contributed by atoms with E-state index in [1.807, 2.05) is 64.1 Å². The monoisotopic (exact) mass is 1570 g/mol. The minimum absolute atomic E-state index is 0.0585. The Morgan fingerprint density at radius 1 is 0.269 bits per heavy atom. The van der Waals surface area contributed by atoms with E-state index in [0.717, 1.165) is 40.7 Å². The molecule has 15 rings (SSSR count). The van der Waals surface area contributed by atoms with Crippen molar-refractivity contribution in [1.29, 1.82) is 0 Å². The highest BCUT2D eigenvalue weighted by atomic mass is 14.9. The van der Waals surface area contributed by atoms with Crippen LogP contribution in [0.1, 0.15) is 148 Å². The van der Waals surface area contributed by atoms with Gasteiger partial charge in [-0.25, -0.2) is 22.8 Å². The number of aromatic nitrogens is 5. The summed E-state index contributed by atoms with van der Waals surface area (Å²) in [6.07, 6.45) is 11.6. The van der Waals surface area contributed by atoms with Gasteiger partial charge in [0, 0.05) is 92.6 Å². The van der Waals surface area contributed by atoms with Gasteiger partial charge in [0.1, 0.15) is 35.2 Å². The zero-order chi connectivity index (χ0) is 87.7. The quantitative estimate of drug-likeness (QED) is 0.0810. The van der Waals surface area contributed by atoms with E-state index >= 15 is 0 Å². The minimum Gasteiger partial charge on any atom is -0.201 e. The highest BCUT2D eigenvalue weighted by Crippen LogP contribution is 2.34. The second kappa shape index (κ2) is 40.9. The van der Waals surface area contributed by atoms with Gasteiger partial charge in [-0.15, -0.1) is 0 Å². The van der Waals surface area contributed by atoms with Crippen LogP contribution in [0.15, 0.2) is 334 Å². The first kappa shape index (κ1) is 83.4. The normalized spacial score (nSPS) is 11.7. The Labute approximate surface area is 718 Å². The third-order valence-electron chi connectivity index (χ3n) is 22.1. The van der Waals surface area contributed by atoms with Crippen molar-refractivity contribution in [3.05, 3.63) is 390 Å². The average molecular weight is 1570 g/mol. The molecule has 0 bridgehead atoms. The molecule has 0 aliphatic rings. The molecule has 0 fully saturated rings. The molecule has 0 atom stereocenters. The second-order valence-electron chi connectivity index (χ2n) is 34.6. The van der Waals surface area contributed by atoms with Gasteiger partial charge in [0.25, 0.3) is 0 Å². The third-order valence-corrected chi connectivity index (χ3v) is 22.1. The maximum Gasteiger partial charge on any atom is 0.213 e. The largest absolute Gasteiger partial charge is 0.213 e. The smallest absolute Gasteiger partial charge is 0.201 e. The first-order valence-electron chi connectivity index (χ1n) is 43.9. The van der Waals surface area contributed by atoms with Crippen LogP contribution in [0.2, 0.25) is 0 Å². The third kappa shape index (κ3) is 23.9. The summed E-state index contributed by atoms with van der Waals surface area (Å²) in [6.45, 7) is 34.3. The summed E-state index contributed by atoms with van der Waals surface area (Å²) < 4.78 is 35.7. The molecule has 15 aromatic rings.